The lowest BCUT2D eigenvalue weighted by molar-refractivity contribution is 1.32. The van der Waals surface area contributed by atoms with E-state index in [0.29, 0.717) is 11.3 Å². The molecule has 5 heteroatoms. The minimum absolute atomic E-state index is 0.421. The molecule has 68 valence electrons. The Morgan fingerprint density at radius 1 is 1.21 bits per heavy atom. The molecule has 14 heavy (non-hydrogen) atoms. The number of nitrogen functional groups attached to an aromatic ring is 1. The first-order valence-corrected chi connectivity index (χ1v) is 4.19. The average molecular weight is 185 g/mol. The van der Waals surface area contributed by atoms with E-state index in [1.807, 2.05) is 12.3 Å². The van der Waals surface area contributed by atoms with Crippen molar-refractivity contribution >= 4 is 27.8 Å². The van der Waals surface area contributed by atoms with Gasteiger partial charge in [0.15, 0.2) is 5.82 Å². The Morgan fingerprint density at radius 2 is 2.07 bits per heavy atom. The zero-order valence-electron chi connectivity index (χ0n) is 7.23. The van der Waals surface area contributed by atoms with Gasteiger partial charge in [0, 0.05) is 17.8 Å². The molecular formula is C9H7N5. The fourth-order valence-electron chi connectivity index (χ4n) is 1.55. The zero-order valence-corrected chi connectivity index (χ0v) is 7.23. The predicted molar refractivity (Wildman–Crippen MR) is 53.6 cm³/mol. The highest BCUT2D eigenvalue weighted by Gasteiger charge is 2.07. The number of pyridine rings is 2. The average Bonchev–Trinajstić information content (AvgIpc) is 2.67. The van der Waals surface area contributed by atoms with Gasteiger partial charge >= 0.3 is 0 Å². The van der Waals surface area contributed by atoms with Gasteiger partial charge in [-0.05, 0) is 6.07 Å². The van der Waals surface area contributed by atoms with Crippen LogP contribution in [0.5, 0.6) is 0 Å². The number of hydrogen-bond acceptors (Lipinski definition) is 4. The van der Waals surface area contributed by atoms with Crippen LogP contribution in [-0.2, 0) is 0 Å². The number of hydrogen-bond donors (Lipinski definition) is 2. The Hall–Kier alpha value is -2.17. The third-order valence-corrected chi connectivity index (χ3v) is 2.18. The number of nitrogens with two attached hydrogens (primary N) is 1. The van der Waals surface area contributed by atoms with E-state index < -0.39 is 0 Å². The van der Waals surface area contributed by atoms with Crippen LogP contribution in [0.2, 0.25) is 0 Å². The lowest BCUT2D eigenvalue weighted by Crippen LogP contribution is -1.93. The van der Waals surface area contributed by atoms with E-state index in [4.69, 9.17) is 5.73 Å². The molecule has 0 spiro atoms. The molecule has 3 N–H and O–H groups in total. The van der Waals surface area contributed by atoms with Gasteiger partial charge in [0.1, 0.15) is 17.4 Å². The first kappa shape index (κ1) is 7.25. The number of fused-ring (bicyclic) bond motifs is 3. The van der Waals surface area contributed by atoms with Crippen LogP contribution in [0.4, 0.5) is 5.82 Å². The van der Waals surface area contributed by atoms with E-state index in [0.717, 1.165) is 16.4 Å². The van der Waals surface area contributed by atoms with E-state index in [9.17, 15) is 0 Å². The first-order chi connectivity index (χ1) is 6.86. The maximum atomic E-state index is 5.74. The summed E-state index contributed by atoms with van der Waals surface area (Å²) in [7, 11) is 0. The van der Waals surface area contributed by atoms with Crippen LogP contribution in [0.3, 0.4) is 0 Å². The lowest BCUT2D eigenvalue weighted by Gasteiger charge is -1.99. The van der Waals surface area contributed by atoms with Crippen molar-refractivity contribution < 1.29 is 0 Å². The molecule has 0 amide bonds. The summed E-state index contributed by atoms with van der Waals surface area (Å²) in [5.74, 6) is 0.421. The number of H-pyrrole nitrogens is 1. The molecule has 0 aromatic carbocycles. The second-order valence-corrected chi connectivity index (χ2v) is 3.01. The van der Waals surface area contributed by atoms with Crippen molar-refractivity contribution in [1.29, 1.82) is 0 Å². The number of aromatic nitrogens is 4. The van der Waals surface area contributed by atoms with E-state index in [1.54, 1.807) is 6.20 Å². The van der Waals surface area contributed by atoms with E-state index in [-0.39, 0.29) is 0 Å². The molecular weight excluding hydrogens is 178 g/mol. The van der Waals surface area contributed by atoms with Crippen molar-refractivity contribution in [2.45, 2.75) is 0 Å². The normalized spacial score (nSPS) is 11.1. The minimum Gasteiger partial charge on any atom is -0.382 e. The van der Waals surface area contributed by atoms with Crippen LogP contribution in [0.15, 0.2) is 24.8 Å². The number of imidazole rings is 1. The molecule has 5 nitrogen and oxygen atoms in total. The molecule has 0 bridgehead atoms. The molecule has 0 aliphatic rings. The fraction of sp³-hybridized carbons (Fsp3) is 0. The Bertz CT molecular complexity index is 613. The molecule has 0 unspecified atom stereocenters. The van der Waals surface area contributed by atoms with Crippen LogP contribution < -0.4 is 5.73 Å². The summed E-state index contributed by atoms with van der Waals surface area (Å²) in [6.45, 7) is 0. The van der Waals surface area contributed by atoms with Gasteiger partial charge in [0.2, 0.25) is 0 Å². The molecule has 3 heterocycles. The van der Waals surface area contributed by atoms with Crippen LogP contribution in [0.1, 0.15) is 0 Å². The monoisotopic (exact) mass is 185 g/mol. The second kappa shape index (κ2) is 2.41. The summed E-state index contributed by atoms with van der Waals surface area (Å²) in [6.07, 6.45) is 5.12. The number of nitrogens with zero attached hydrogens (tertiary/aromatic N) is 3. The first-order valence-electron chi connectivity index (χ1n) is 4.19. The number of nitrogens with one attached hydrogen (secondary N) is 1. The Balaban J connectivity index is 2.66. The van der Waals surface area contributed by atoms with E-state index >= 15 is 0 Å². The van der Waals surface area contributed by atoms with Crippen LogP contribution in [0.25, 0.3) is 21.9 Å². The SMILES string of the molecule is Nc1nc2c[nH]ccc2c2ncnc12. The molecule has 3 aromatic heterocycles. The highest BCUT2D eigenvalue weighted by Crippen LogP contribution is 2.23. The van der Waals surface area contributed by atoms with Crippen LogP contribution in [-0.4, -0.2) is 19.9 Å². The summed E-state index contributed by atoms with van der Waals surface area (Å²) >= 11 is 0. The van der Waals surface area contributed by atoms with Gasteiger partial charge in [-0.15, -0.1) is 0 Å². The Labute approximate surface area is 79.0 Å². The fourth-order valence-corrected chi connectivity index (χ4v) is 1.55. The molecule has 0 saturated carbocycles. The maximum absolute atomic E-state index is 5.74. The van der Waals surface area contributed by atoms with Crippen molar-refractivity contribution in [1.82, 2.24) is 19.9 Å². The van der Waals surface area contributed by atoms with Gasteiger partial charge in [0.05, 0.1) is 5.52 Å². The van der Waals surface area contributed by atoms with Crippen molar-refractivity contribution in [3.63, 3.8) is 0 Å². The molecule has 0 aliphatic heterocycles. The van der Waals surface area contributed by atoms with Crippen LogP contribution >= 0.6 is 0 Å². The highest BCUT2D eigenvalue weighted by molar-refractivity contribution is 6.05. The highest BCUT2D eigenvalue weighted by atomic mass is 14.9. The predicted octanol–water partition coefficient (Wildman–Crippen LogP) is 1.09. The van der Waals surface area contributed by atoms with Gasteiger partial charge in [-0.2, -0.15) is 0 Å². The molecule has 3 aromatic rings. The molecule has 0 aliphatic carbocycles. The Kier molecular flexibility index (Phi) is 1.25. The minimum atomic E-state index is 0.421. The van der Waals surface area contributed by atoms with Crippen molar-refractivity contribution in [3.05, 3.63) is 24.8 Å². The quantitative estimate of drug-likeness (QED) is 0.549. The van der Waals surface area contributed by atoms with Gasteiger partial charge in [-0.25, -0.2) is 15.0 Å². The summed E-state index contributed by atoms with van der Waals surface area (Å²) < 4.78 is 0. The third kappa shape index (κ3) is 0.806. The molecule has 0 fully saturated rings. The molecule has 0 saturated heterocycles. The van der Waals surface area contributed by atoms with Crippen molar-refractivity contribution in [2.75, 3.05) is 5.73 Å². The van der Waals surface area contributed by atoms with Crippen LogP contribution in [0, 0.1) is 0 Å². The standard InChI is InChI=1S/C9H7N5/c10-9-8-7(12-4-13-8)5-1-2-11-3-6(5)14-9/h1-4,11H,(H2,10,14). The maximum Gasteiger partial charge on any atom is 0.152 e. The second-order valence-electron chi connectivity index (χ2n) is 3.01. The molecule has 3 rings (SSSR count). The zero-order chi connectivity index (χ0) is 9.54. The lowest BCUT2D eigenvalue weighted by atomic mass is 10.2. The van der Waals surface area contributed by atoms with Gasteiger partial charge in [0.25, 0.3) is 0 Å². The number of aromatic amines is 1. The number of rotatable bonds is 0. The Morgan fingerprint density at radius 3 is 3.00 bits per heavy atom. The summed E-state index contributed by atoms with van der Waals surface area (Å²) in [4.78, 5) is 15.4. The van der Waals surface area contributed by atoms with E-state index in [2.05, 4.69) is 19.9 Å². The van der Waals surface area contributed by atoms with Gasteiger partial charge in [-0.3, -0.25) is 0 Å². The third-order valence-electron chi connectivity index (χ3n) is 2.18. The summed E-state index contributed by atoms with van der Waals surface area (Å²) in [6, 6.07) is 1.92. The largest absolute Gasteiger partial charge is 0.382 e. The van der Waals surface area contributed by atoms with Gasteiger partial charge < -0.3 is 10.7 Å². The summed E-state index contributed by atoms with van der Waals surface area (Å²) in [5.41, 5.74) is 8.02. The van der Waals surface area contributed by atoms with Crippen molar-refractivity contribution in [2.24, 2.45) is 0 Å². The van der Waals surface area contributed by atoms with Gasteiger partial charge in [-0.1, -0.05) is 0 Å². The topological polar surface area (TPSA) is 80.5 Å². The number of anilines is 1. The summed E-state index contributed by atoms with van der Waals surface area (Å²) in [5, 5.41) is 0.963. The smallest absolute Gasteiger partial charge is 0.152 e. The molecule has 0 radical (unpaired) electrons. The van der Waals surface area contributed by atoms with E-state index in [1.165, 1.54) is 6.33 Å². The molecule has 0 atom stereocenters. The van der Waals surface area contributed by atoms with Crippen molar-refractivity contribution in [3.8, 4) is 0 Å².